The molecule has 1 unspecified atom stereocenters. The number of hydrogen-bond acceptors (Lipinski definition) is 3. The van der Waals surface area contributed by atoms with Crippen molar-refractivity contribution in [1.29, 1.82) is 0 Å². The number of carbonyl (C=O) groups excluding carboxylic acids is 2. The third kappa shape index (κ3) is 5.97. The highest BCUT2D eigenvalue weighted by Gasteiger charge is 2.30. The van der Waals surface area contributed by atoms with Crippen molar-refractivity contribution in [3.05, 3.63) is 53.7 Å². The Morgan fingerprint density at radius 1 is 1.00 bits per heavy atom. The van der Waals surface area contributed by atoms with E-state index >= 15 is 0 Å². The highest BCUT2D eigenvalue weighted by Crippen LogP contribution is 2.29. The smallest absolute Gasteiger partial charge is 0.331 e. The Morgan fingerprint density at radius 3 is 2.21 bits per heavy atom. The molecule has 0 aliphatic carbocycles. The van der Waals surface area contributed by atoms with Crippen LogP contribution in [0.2, 0.25) is 0 Å². The lowest BCUT2D eigenvalue weighted by Crippen LogP contribution is -2.31. The van der Waals surface area contributed by atoms with Gasteiger partial charge in [-0.2, -0.15) is 13.2 Å². The monoisotopic (exact) mass is 394 g/mol. The molecule has 0 saturated carbocycles. The number of nitrogens with one attached hydrogen (secondary N) is 3. The largest absolute Gasteiger partial charge is 0.416 e. The van der Waals surface area contributed by atoms with Crippen LogP contribution in [0.5, 0.6) is 0 Å². The first kappa shape index (κ1) is 21.2. The van der Waals surface area contributed by atoms with Crippen LogP contribution >= 0.6 is 0 Å². The van der Waals surface area contributed by atoms with Gasteiger partial charge < -0.3 is 16.0 Å². The summed E-state index contributed by atoms with van der Waals surface area (Å²) in [5, 5.41) is 7.84. The Bertz CT molecular complexity index is 836. The van der Waals surface area contributed by atoms with E-state index < -0.39 is 23.8 Å². The normalized spacial score (nSPS) is 12.4. The Balaban J connectivity index is 1.97. The second kappa shape index (κ2) is 8.73. The summed E-state index contributed by atoms with van der Waals surface area (Å²) in [5.74, 6) is -0.00572. The van der Waals surface area contributed by atoms with E-state index in [2.05, 4.69) is 20.9 Å². The van der Waals surface area contributed by atoms with E-state index in [4.69, 9.17) is 0 Å². The van der Waals surface area contributed by atoms with Crippen molar-refractivity contribution in [3.63, 3.8) is 0 Å². The van der Waals surface area contributed by atoms with Crippen LogP contribution < -0.4 is 16.0 Å². The second-order valence-electron chi connectivity index (χ2n) is 6.51. The first-order valence-corrected chi connectivity index (χ1v) is 8.58. The maximum absolute atomic E-state index is 12.6. The van der Waals surface area contributed by atoms with E-state index in [9.17, 15) is 22.8 Å². The number of alkyl halides is 3. The van der Waals surface area contributed by atoms with Gasteiger partial charge in [0, 0.05) is 17.8 Å². The van der Waals surface area contributed by atoms with E-state index in [1.165, 1.54) is 18.3 Å². The van der Waals surface area contributed by atoms with Gasteiger partial charge in [0.25, 0.3) is 0 Å². The quantitative estimate of drug-likeness (QED) is 0.694. The zero-order chi connectivity index (χ0) is 20.9. The van der Waals surface area contributed by atoms with Crippen molar-refractivity contribution in [3.8, 4) is 0 Å². The molecule has 1 atom stereocenters. The summed E-state index contributed by atoms with van der Waals surface area (Å²) in [7, 11) is 0. The minimum Gasteiger partial charge on any atom is -0.331 e. The van der Waals surface area contributed by atoms with E-state index in [-0.39, 0.29) is 17.5 Å². The molecule has 150 valence electrons. The van der Waals surface area contributed by atoms with Crippen LogP contribution in [-0.2, 0) is 11.0 Å². The number of anilines is 2. The fourth-order valence-corrected chi connectivity index (χ4v) is 2.24. The first-order chi connectivity index (χ1) is 13.1. The van der Waals surface area contributed by atoms with Crippen molar-refractivity contribution in [2.24, 2.45) is 5.92 Å². The molecule has 0 spiro atoms. The maximum atomic E-state index is 12.6. The Kier molecular flexibility index (Phi) is 6.61. The molecule has 1 aromatic heterocycles. The number of nitrogens with zero attached hydrogens (tertiary/aromatic N) is 1. The van der Waals surface area contributed by atoms with Gasteiger partial charge in [-0.15, -0.1) is 0 Å². The molecule has 3 amide bonds. The van der Waals surface area contributed by atoms with Gasteiger partial charge in [0.15, 0.2) is 0 Å². The van der Waals surface area contributed by atoms with Gasteiger partial charge in [-0.05, 0) is 48.9 Å². The molecule has 1 heterocycles. The SMILES string of the molecule is CC(C)C(=O)Nc1cc(C(C)NC(=O)Nc2ccc(C(F)(F)F)cc2)ccn1. The fourth-order valence-electron chi connectivity index (χ4n) is 2.24. The minimum atomic E-state index is -4.43. The summed E-state index contributed by atoms with van der Waals surface area (Å²) >= 11 is 0. The number of aromatic nitrogens is 1. The Hall–Kier alpha value is -3.10. The number of amides is 3. The molecule has 0 saturated heterocycles. The fraction of sp³-hybridized carbons (Fsp3) is 0.316. The van der Waals surface area contributed by atoms with Gasteiger partial charge in [0.1, 0.15) is 5.82 Å². The van der Waals surface area contributed by atoms with Crippen LogP contribution in [0.4, 0.5) is 29.5 Å². The molecule has 6 nitrogen and oxygen atoms in total. The molecule has 0 aliphatic heterocycles. The molecular weight excluding hydrogens is 373 g/mol. The number of hydrogen-bond donors (Lipinski definition) is 3. The highest BCUT2D eigenvalue weighted by atomic mass is 19.4. The van der Waals surface area contributed by atoms with Crippen LogP contribution in [0.25, 0.3) is 0 Å². The summed E-state index contributed by atoms with van der Waals surface area (Å²) in [6.07, 6.45) is -2.92. The van der Waals surface area contributed by atoms with Crippen molar-refractivity contribution in [1.82, 2.24) is 10.3 Å². The van der Waals surface area contributed by atoms with Gasteiger partial charge in [0.05, 0.1) is 11.6 Å². The van der Waals surface area contributed by atoms with E-state index in [0.29, 0.717) is 11.4 Å². The molecule has 3 N–H and O–H groups in total. The van der Waals surface area contributed by atoms with Crippen molar-refractivity contribution in [2.45, 2.75) is 33.0 Å². The van der Waals surface area contributed by atoms with Gasteiger partial charge in [0.2, 0.25) is 5.91 Å². The summed E-state index contributed by atoms with van der Waals surface area (Å²) in [4.78, 5) is 27.9. The molecule has 2 rings (SSSR count). The second-order valence-corrected chi connectivity index (χ2v) is 6.51. The molecule has 0 aliphatic rings. The third-order valence-electron chi connectivity index (χ3n) is 3.88. The molecule has 0 radical (unpaired) electrons. The Morgan fingerprint density at radius 2 is 1.64 bits per heavy atom. The van der Waals surface area contributed by atoms with Gasteiger partial charge in [-0.25, -0.2) is 9.78 Å². The van der Waals surface area contributed by atoms with Crippen LogP contribution in [0.1, 0.15) is 37.9 Å². The van der Waals surface area contributed by atoms with Crippen LogP contribution in [0.15, 0.2) is 42.6 Å². The van der Waals surface area contributed by atoms with Gasteiger partial charge in [-0.1, -0.05) is 13.8 Å². The van der Waals surface area contributed by atoms with Crippen LogP contribution in [0.3, 0.4) is 0 Å². The van der Waals surface area contributed by atoms with Crippen molar-refractivity contribution in [2.75, 3.05) is 10.6 Å². The molecule has 2 aromatic rings. The van der Waals surface area contributed by atoms with Crippen LogP contribution in [0, 0.1) is 5.92 Å². The Labute approximate surface area is 160 Å². The topological polar surface area (TPSA) is 83.1 Å². The summed E-state index contributed by atoms with van der Waals surface area (Å²) in [5.41, 5.74) is 0.147. The number of carbonyl (C=O) groups is 2. The number of pyridine rings is 1. The predicted molar refractivity (Wildman–Crippen MR) is 99.7 cm³/mol. The first-order valence-electron chi connectivity index (χ1n) is 8.58. The van der Waals surface area contributed by atoms with Crippen molar-refractivity contribution >= 4 is 23.4 Å². The molecular formula is C19H21F3N4O2. The number of benzene rings is 1. The standard InChI is InChI=1S/C19H21F3N4O2/c1-11(2)17(27)26-16-10-13(8-9-23-16)12(3)24-18(28)25-15-6-4-14(5-7-15)19(20,21)22/h4-12H,1-3H3,(H,23,26,27)(H2,24,25,28). The zero-order valence-corrected chi connectivity index (χ0v) is 15.6. The van der Waals surface area contributed by atoms with Crippen molar-refractivity contribution < 1.29 is 22.8 Å². The van der Waals surface area contributed by atoms with E-state index in [1.54, 1.807) is 32.9 Å². The molecule has 9 heteroatoms. The number of rotatable bonds is 5. The zero-order valence-electron chi connectivity index (χ0n) is 15.6. The van der Waals surface area contributed by atoms with Gasteiger partial charge in [-0.3, -0.25) is 4.79 Å². The average Bonchev–Trinajstić information content (AvgIpc) is 2.61. The van der Waals surface area contributed by atoms with Crippen LogP contribution in [-0.4, -0.2) is 16.9 Å². The lowest BCUT2D eigenvalue weighted by Gasteiger charge is -2.16. The number of urea groups is 1. The molecule has 28 heavy (non-hydrogen) atoms. The molecule has 1 aromatic carbocycles. The average molecular weight is 394 g/mol. The summed E-state index contributed by atoms with van der Waals surface area (Å²) in [6, 6.07) is 6.48. The van der Waals surface area contributed by atoms with E-state index in [0.717, 1.165) is 12.1 Å². The lowest BCUT2D eigenvalue weighted by atomic mass is 10.1. The van der Waals surface area contributed by atoms with Gasteiger partial charge >= 0.3 is 12.2 Å². The summed E-state index contributed by atoms with van der Waals surface area (Å²) in [6.45, 7) is 5.25. The molecule has 0 fully saturated rings. The lowest BCUT2D eigenvalue weighted by molar-refractivity contribution is -0.137. The maximum Gasteiger partial charge on any atom is 0.416 e. The molecule has 0 bridgehead atoms. The highest BCUT2D eigenvalue weighted by molar-refractivity contribution is 5.91. The minimum absolute atomic E-state index is 0.176. The van der Waals surface area contributed by atoms with E-state index in [1.807, 2.05) is 0 Å². The summed E-state index contributed by atoms with van der Waals surface area (Å²) < 4.78 is 37.7. The number of halogens is 3. The third-order valence-corrected chi connectivity index (χ3v) is 3.88. The predicted octanol–water partition coefficient (Wildman–Crippen LogP) is 4.58.